The molecule has 0 saturated carbocycles. The van der Waals surface area contributed by atoms with E-state index in [1.54, 1.807) is 0 Å². The standard InChI is InChI=1S/C28H32N4O2/c1-20-9-8-14-25(21(20)2)31-26-13-7-6-12-24(26)28(34)30-23-15-17-32(18-16-23)19-27(33)29-22-10-4-3-5-11-22/h3-14,23,31H,15-19H2,1-2H3,(H,29,33)(H,30,34). The van der Waals surface area contributed by atoms with Crippen LogP contribution in [0.25, 0.3) is 0 Å². The summed E-state index contributed by atoms with van der Waals surface area (Å²) in [7, 11) is 0. The molecule has 0 bridgehead atoms. The van der Waals surface area contributed by atoms with Crippen LogP contribution in [0.1, 0.15) is 34.3 Å². The summed E-state index contributed by atoms with van der Waals surface area (Å²) < 4.78 is 0. The van der Waals surface area contributed by atoms with E-state index in [-0.39, 0.29) is 17.9 Å². The van der Waals surface area contributed by atoms with Gasteiger partial charge < -0.3 is 16.0 Å². The quantitative estimate of drug-likeness (QED) is 0.474. The lowest BCUT2D eigenvalue weighted by atomic mass is 10.0. The molecule has 3 N–H and O–H groups in total. The van der Waals surface area contributed by atoms with Crippen LogP contribution in [0.2, 0.25) is 0 Å². The van der Waals surface area contributed by atoms with Gasteiger partial charge in [-0.15, -0.1) is 0 Å². The molecule has 0 aliphatic carbocycles. The minimum atomic E-state index is -0.0753. The second kappa shape index (κ2) is 11.0. The van der Waals surface area contributed by atoms with Gasteiger partial charge in [-0.25, -0.2) is 0 Å². The van der Waals surface area contributed by atoms with Crippen molar-refractivity contribution in [2.75, 3.05) is 30.3 Å². The zero-order valence-electron chi connectivity index (χ0n) is 19.8. The van der Waals surface area contributed by atoms with Gasteiger partial charge in [-0.3, -0.25) is 14.5 Å². The number of hydrogen-bond acceptors (Lipinski definition) is 4. The van der Waals surface area contributed by atoms with Crippen LogP contribution in [-0.2, 0) is 4.79 Å². The lowest BCUT2D eigenvalue weighted by Gasteiger charge is -2.32. The second-order valence-electron chi connectivity index (χ2n) is 8.86. The number of rotatable bonds is 7. The molecule has 3 aromatic rings. The van der Waals surface area contributed by atoms with E-state index in [1.165, 1.54) is 11.1 Å². The Morgan fingerprint density at radius 1 is 0.853 bits per heavy atom. The molecule has 0 aromatic heterocycles. The van der Waals surface area contributed by atoms with Gasteiger partial charge in [-0.2, -0.15) is 0 Å². The van der Waals surface area contributed by atoms with Gasteiger partial charge >= 0.3 is 0 Å². The first-order valence-electron chi connectivity index (χ1n) is 11.8. The zero-order valence-corrected chi connectivity index (χ0v) is 19.8. The zero-order chi connectivity index (χ0) is 23.9. The number of nitrogens with zero attached hydrogens (tertiary/aromatic N) is 1. The summed E-state index contributed by atoms with van der Waals surface area (Å²) in [6.45, 7) is 6.06. The third kappa shape index (κ3) is 6.02. The van der Waals surface area contributed by atoms with E-state index in [9.17, 15) is 9.59 Å². The highest BCUT2D eigenvalue weighted by Gasteiger charge is 2.23. The van der Waals surface area contributed by atoms with E-state index in [1.807, 2.05) is 66.7 Å². The lowest BCUT2D eigenvalue weighted by molar-refractivity contribution is -0.117. The highest BCUT2D eigenvalue weighted by atomic mass is 16.2. The van der Waals surface area contributed by atoms with Crippen LogP contribution < -0.4 is 16.0 Å². The predicted octanol–water partition coefficient (Wildman–Crippen LogP) is 4.88. The molecular formula is C28H32N4O2. The van der Waals surface area contributed by atoms with Crippen molar-refractivity contribution in [1.29, 1.82) is 0 Å². The Morgan fingerprint density at radius 2 is 1.53 bits per heavy atom. The Kier molecular flexibility index (Phi) is 7.60. The molecule has 6 nitrogen and oxygen atoms in total. The van der Waals surface area contributed by atoms with Crippen molar-refractivity contribution >= 4 is 28.9 Å². The Bertz CT molecular complexity index is 1140. The highest BCUT2D eigenvalue weighted by Crippen LogP contribution is 2.25. The van der Waals surface area contributed by atoms with Crippen LogP contribution in [0.5, 0.6) is 0 Å². The van der Waals surface area contributed by atoms with Crippen molar-refractivity contribution in [2.24, 2.45) is 0 Å². The Labute approximate surface area is 201 Å². The van der Waals surface area contributed by atoms with Crippen LogP contribution in [0.15, 0.2) is 72.8 Å². The normalized spacial score (nSPS) is 14.4. The fraction of sp³-hybridized carbons (Fsp3) is 0.286. The van der Waals surface area contributed by atoms with E-state index < -0.39 is 0 Å². The molecule has 1 aliphatic heterocycles. The summed E-state index contributed by atoms with van der Waals surface area (Å²) in [4.78, 5) is 27.6. The first kappa shape index (κ1) is 23.5. The molecular weight excluding hydrogens is 424 g/mol. The van der Waals surface area contributed by atoms with Crippen molar-refractivity contribution in [3.05, 3.63) is 89.5 Å². The molecule has 176 valence electrons. The molecule has 1 heterocycles. The number of likely N-dealkylation sites (tertiary alicyclic amines) is 1. The number of para-hydroxylation sites is 2. The molecule has 1 aliphatic rings. The van der Waals surface area contributed by atoms with Gasteiger partial charge in [0.1, 0.15) is 0 Å². The Morgan fingerprint density at radius 3 is 2.29 bits per heavy atom. The van der Waals surface area contributed by atoms with Gasteiger partial charge in [-0.1, -0.05) is 42.5 Å². The molecule has 6 heteroatoms. The third-order valence-electron chi connectivity index (χ3n) is 6.39. The average Bonchev–Trinajstić information content (AvgIpc) is 2.84. The maximum Gasteiger partial charge on any atom is 0.253 e. The van der Waals surface area contributed by atoms with Crippen LogP contribution >= 0.6 is 0 Å². The number of piperidine rings is 1. The van der Waals surface area contributed by atoms with Gasteiger partial charge in [-0.05, 0) is 68.1 Å². The summed E-state index contributed by atoms with van der Waals surface area (Å²) in [5.74, 6) is -0.0891. The van der Waals surface area contributed by atoms with Gasteiger partial charge in [0.15, 0.2) is 0 Å². The average molecular weight is 457 g/mol. The maximum atomic E-state index is 13.1. The topological polar surface area (TPSA) is 73.5 Å². The first-order chi connectivity index (χ1) is 16.5. The van der Waals surface area contributed by atoms with Crippen molar-refractivity contribution in [1.82, 2.24) is 10.2 Å². The fourth-order valence-electron chi connectivity index (χ4n) is 4.25. The van der Waals surface area contributed by atoms with Gasteiger partial charge in [0.2, 0.25) is 5.91 Å². The number of anilines is 3. The minimum absolute atomic E-state index is 0.0138. The second-order valence-corrected chi connectivity index (χ2v) is 8.86. The molecule has 4 rings (SSSR count). The molecule has 1 saturated heterocycles. The van der Waals surface area contributed by atoms with Crippen LogP contribution in [0.3, 0.4) is 0 Å². The van der Waals surface area contributed by atoms with Crippen molar-refractivity contribution in [3.8, 4) is 0 Å². The predicted molar refractivity (Wildman–Crippen MR) is 138 cm³/mol. The van der Waals surface area contributed by atoms with E-state index >= 15 is 0 Å². The van der Waals surface area contributed by atoms with Crippen LogP contribution in [-0.4, -0.2) is 42.4 Å². The SMILES string of the molecule is Cc1cccc(Nc2ccccc2C(=O)NC2CCN(CC(=O)Nc3ccccc3)CC2)c1C. The number of hydrogen-bond donors (Lipinski definition) is 3. The first-order valence-corrected chi connectivity index (χ1v) is 11.8. The number of nitrogens with one attached hydrogen (secondary N) is 3. The number of carbonyl (C=O) groups is 2. The van der Waals surface area contributed by atoms with Crippen molar-refractivity contribution in [2.45, 2.75) is 32.7 Å². The minimum Gasteiger partial charge on any atom is -0.355 e. The molecule has 0 spiro atoms. The fourth-order valence-corrected chi connectivity index (χ4v) is 4.25. The largest absolute Gasteiger partial charge is 0.355 e. The number of amides is 2. The Balaban J connectivity index is 1.30. The number of carbonyl (C=O) groups excluding carboxylic acids is 2. The highest BCUT2D eigenvalue weighted by molar-refractivity contribution is 6.00. The summed E-state index contributed by atoms with van der Waals surface area (Å²) in [6, 6.07) is 23.3. The van der Waals surface area contributed by atoms with Gasteiger partial charge in [0.05, 0.1) is 17.8 Å². The summed E-state index contributed by atoms with van der Waals surface area (Å²) >= 11 is 0. The lowest BCUT2D eigenvalue weighted by Crippen LogP contribution is -2.46. The number of aryl methyl sites for hydroxylation is 1. The smallest absolute Gasteiger partial charge is 0.253 e. The molecule has 34 heavy (non-hydrogen) atoms. The summed E-state index contributed by atoms with van der Waals surface area (Å²) in [6.07, 6.45) is 1.63. The molecule has 0 atom stereocenters. The van der Waals surface area contributed by atoms with E-state index in [0.29, 0.717) is 12.1 Å². The maximum absolute atomic E-state index is 13.1. The van der Waals surface area contributed by atoms with E-state index in [2.05, 4.69) is 40.8 Å². The summed E-state index contributed by atoms with van der Waals surface area (Å²) in [5, 5.41) is 9.56. The molecule has 2 amide bonds. The van der Waals surface area contributed by atoms with E-state index in [4.69, 9.17) is 0 Å². The molecule has 3 aromatic carbocycles. The van der Waals surface area contributed by atoms with Crippen LogP contribution in [0.4, 0.5) is 17.1 Å². The van der Waals surface area contributed by atoms with Crippen molar-refractivity contribution in [3.63, 3.8) is 0 Å². The Hall–Kier alpha value is -3.64. The monoisotopic (exact) mass is 456 g/mol. The summed E-state index contributed by atoms with van der Waals surface area (Å²) in [5.41, 5.74) is 5.61. The van der Waals surface area contributed by atoms with Gasteiger partial charge in [0, 0.05) is 30.5 Å². The number of benzene rings is 3. The van der Waals surface area contributed by atoms with Crippen LogP contribution in [0, 0.1) is 13.8 Å². The molecule has 1 fully saturated rings. The third-order valence-corrected chi connectivity index (χ3v) is 6.39. The molecule has 0 unspecified atom stereocenters. The van der Waals surface area contributed by atoms with Crippen molar-refractivity contribution < 1.29 is 9.59 Å². The molecule has 0 radical (unpaired) electrons. The van der Waals surface area contributed by atoms with E-state index in [0.717, 1.165) is 43.0 Å². The van der Waals surface area contributed by atoms with Gasteiger partial charge in [0.25, 0.3) is 5.91 Å².